The molecule has 100 valence electrons. The Bertz CT molecular complexity index is 915. The Morgan fingerprint density at radius 3 is 2.05 bits per heavy atom. The molecular weight excluding hydrogens is 280 g/mol. The van der Waals surface area contributed by atoms with Gasteiger partial charge in [0.1, 0.15) is 4.90 Å². The molecule has 0 aromatic heterocycles. The first kappa shape index (κ1) is 11.5. The zero-order chi connectivity index (χ0) is 15.4. The van der Waals surface area contributed by atoms with E-state index in [2.05, 4.69) is 0 Å². The lowest BCUT2D eigenvalue weighted by atomic mass is 9.84. The Morgan fingerprint density at radius 1 is 0.900 bits per heavy atom. The second-order valence-electron chi connectivity index (χ2n) is 4.27. The van der Waals surface area contributed by atoms with Gasteiger partial charge < -0.3 is 0 Å². The zero-order valence-corrected chi connectivity index (χ0v) is 10.8. The van der Waals surface area contributed by atoms with E-state index in [0.717, 1.165) is 6.07 Å². The molecule has 3 rings (SSSR count). The van der Waals surface area contributed by atoms with Gasteiger partial charge >= 0.3 is 0 Å². The van der Waals surface area contributed by atoms with Gasteiger partial charge in [-0.05, 0) is 6.04 Å². The van der Waals surface area contributed by atoms with Crippen LogP contribution in [-0.2, 0) is 10.1 Å². The maximum absolute atomic E-state index is 12.5. The molecule has 0 unspecified atom stereocenters. The highest BCUT2D eigenvalue weighted by Crippen LogP contribution is 2.31. The molecule has 0 bridgehead atoms. The molecule has 2 aromatic carbocycles. The van der Waals surface area contributed by atoms with Crippen molar-refractivity contribution in [2.75, 3.05) is 0 Å². The summed E-state index contributed by atoms with van der Waals surface area (Å²) in [7, 11) is -4.79. The van der Waals surface area contributed by atoms with Crippen LogP contribution in [0.1, 0.15) is 33.2 Å². The molecule has 0 saturated carbocycles. The normalized spacial score (nSPS) is 14.6. The standard InChI is InChI=1S/C14H8O5S/c15-13-8-4-1-2-5-9(8)14(16)12-10(13)6-3-7-11(12)20(17,18)19/h1-7H,(H,17,18,19)/i7D. The largest absolute Gasteiger partial charge is 0.295 e. The van der Waals surface area contributed by atoms with Gasteiger partial charge in [-0.2, -0.15) is 8.42 Å². The van der Waals surface area contributed by atoms with Gasteiger partial charge in [-0.15, -0.1) is 0 Å². The van der Waals surface area contributed by atoms with Crippen molar-refractivity contribution in [1.29, 1.82) is 0 Å². The van der Waals surface area contributed by atoms with Crippen LogP contribution in [-0.4, -0.2) is 24.5 Å². The highest BCUT2D eigenvalue weighted by molar-refractivity contribution is 7.86. The fraction of sp³-hybridized carbons (Fsp3) is 0. The number of rotatable bonds is 1. The fourth-order valence-electron chi connectivity index (χ4n) is 2.26. The lowest BCUT2D eigenvalue weighted by Gasteiger charge is -2.18. The zero-order valence-electron chi connectivity index (χ0n) is 11.0. The Morgan fingerprint density at radius 2 is 1.45 bits per heavy atom. The Hall–Kier alpha value is -2.31. The number of ketones is 2. The minimum Gasteiger partial charge on any atom is -0.289 e. The third-order valence-electron chi connectivity index (χ3n) is 3.11. The average molecular weight is 289 g/mol. The number of hydrogen-bond acceptors (Lipinski definition) is 4. The van der Waals surface area contributed by atoms with Crippen LogP contribution in [0.4, 0.5) is 0 Å². The Balaban J connectivity index is 2.45. The predicted molar refractivity (Wildman–Crippen MR) is 69.6 cm³/mol. The summed E-state index contributed by atoms with van der Waals surface area (Å²) in [6, 6.07) is 7.79. The molecule has 6 heteroatoms. The topological polar surface area (TPSA) is 88.5 Å². The molecule has 1 N–H and O–H groups in total. The van der Waals surface area contributed by atoms with Crippen molar-refractivity contribution >= 4 is 21.7 Å². The lowest BCUT2D eigenvalue weighted by molar-refractivity contribution is 0.0976. The van der Waals surface area contributed by atoms with Crippen molar-refractivity contribution in [2.45, 2.75) is 4.90 Å². The molecule has 1 aliphatic carbocycles. The average Bonchev–Trinajstić information content (AvgIpc) is 2.43. The molecule has 0 spiro atoms. The SMILES string of the molecule is [2H]c1ccc2c(c1S(=O)(=O)O)C(=O)c1ccccc1C2=O. The molecule has 5 nitrogen and oxygen atoms in total. The van der Waals surface area contributed by atoms with Crippen LogP contribution >= 0.6 is 0 Å². The number of hydrogen-bond donors (Lipinski definition) is 1. The summed E-state index contributed by atoms with van der Waals surface area (Å²) in [5.41, 5.74) is -0.324. The summed E-state index contributed by atoms with van der Waals surface area (Å²) >= 11 is 0. The van der Waals surface area contributed by atoms with Gasteiger partial charge in [-0.1, -0.05) is 36.4 Å². The van der Waals surface area contributed by atoms with Crippen LogP contribution < -0.4 is 0 Å². The van der Waals surface area contributed by atoms with Crippen LogP contribution in [0, 0.1) is 0 Å². The first-order chi connectivity index (χ1) is 9.82. The fourth-order valence-corrected chi connectivity index (χ4v) is 2.93. The van der Waals surface area contributed by atoms with Gasteiger partial charge in [0.05, 0.1) is 6.93 Å². The third kappa shape index (κ3) is 1.70. The molecule has 0 atom stereocenters. The summed E-state index contributed by atoms with van der Waals surface area (Å²) in [5, 5.41) is 0. The summed E-state index contributed by atoms with van der Waals surface area (Å²) < 4.78 is 39.8. The maximum atomic E-state index is 12.5. The minimum atomic E-state index is -4.79. The van der Waals surface area contributed by atoms with Crippen LogP contribution in [0.2, 0.25) is 0 Å². The van der Waals surface area contributed by atoms with E-state index in [-0.39, 0.29) is 16.7 Å². The van der Waals surface area contributed by atoms with Crippen molar-refractivity contribution in [3.63, 3.8) is 0 Å². The van der Waals surface area contributed by atoms with Gasteiger partial charge in [0.2, 0.25) is 0 Å². The second kappa shape index (κ2) is 4.09. The van der Waals surface area contributed by atoms with Crippen LogP contribution in [0.5, 0.6) is 0 Å². The van der Waals surface area contributed by atoms with E-state index in [1.807, 2.05) is 0 Å². The van der Waals surface area contributed by atoms with E-state index in [9.17, 15) is 22.6 Å². The van der Waals surface area contributed by atoms with E-state index < -0.39 is 38.2 Å². The highest BCUT2D eigenvalue weighted by Gasteiger charge is 2.33. The number of benzene rings is 2. The molecular formula is C14H8O5S. The van der Waals surface area contributed by atoms with Gasteiger partial charge in [-0.3, -0.25) is 14.1 Å². The molecule has 0 amide bonds. The van der Waals surface area contributed by atoms with E-state index in [1.165, 1.54) is 18.2 Å². The molecule has 20 heavy (non-hydrogen) atoms. The third-order valence-corrected chi connectivity index (χ3v) is 3.94. The molecule has 0 fully saturated rings. The van der Waals surface area contributed by atoms with E-state index in [1.54, 1.807) is 12.1 Å². The second-order valence-corrected chi connectivity index (χ2v) is 5.63. The first-order valence-corrected chi connectivity index (χ1v) is 7.06. The van der Waals surface area contributed by atoms with Crippen LogP contribution in [0.3, 0.4) is 0 Å². The lowest BCUT2D eigenvalue weighted by Crippen LogP contribution is -2.23. The van der Waals surface area contributed by atoms with Gasteiger partial charge in [0, 0.05) is 16.7 Å². The summed E-state index contributed by atoms with van der Waals surface area (Å²) in [6.45, 7) is 0. The van der Waals surface area contributed by atoms with Crippen molar-refractivity contribution in [3.05, 3.63) is 64.7 Å². The Labute approximate surface area is 116 Å². The van der Waals surface area contributed by atoms with Crippen molar-refractivity contribution < 1.29 is 23.9 Å². The minimum absolute atomic E-state index is 0.0606. The van der Waals surface area contributed by atoms with Crippen molar-refractivity contribution in [2.24, 2.45) is 0 Å². The molecule has 0 saturated heterocycles. The van der Waals surface area contributed by atoms with Crippen LogP contribution in [0.15, 0.2) is 47.3 Å². The molecule has 0 heterocycles. The molecule has 1 aliphatic rings. The predicted octanol–water partition coefficient (Wildman–Crippen LogP) is 1.71. The maximum Gasteiger partial charge on any atom is 0.295 e. The van der Waals surface area contributed by atoms with E-state index in [0.29, 0.717) is 0 Å². The summed E-state index contributed by atoms with van der Waals surface area (Å²) in [5.74, 6) is -1.20. The Kier molecular flexibility index (Phi) is 2.35. The van der Waals surface area contributed by atoms with Crippen molar-refractivity contribution in [3.8, 4) is 0 Å². The highest BCUT2D eigenvalue weighted by atomic mass is 32.2. The number of carbonyl (C=O) groups is 2. The first-order valence-electron chi connectivity index (χ1n) is 6.12. The van der Waals surface area contributed by atoms with Gasteiger partial charge in [0.15, 0.2) is 11.6 Å². The quantitative estimate of drug-likeness (QED) is 0.689. The monoisotopic (exact) mass is 289 g/mol. The number of carbonyl (C=O) groups excluding carboxylic acids is 2. The summed E-state index contributed by atoms with van der Waals surface area (Å²) in [4.78, 5) is 24.0. The smallest absolute Gasteiger partial charge is 0.289 e. The summed E-state index contributed by atoms with van der Waals surface area (Å²) in [6.07, 6.45) is 0. The van der Waals surface area contributed by atoms with Gasteiger partial charge in [-0.25, -0.2) is 0 Å². The van der Waals surface area contributed by atoms with Crippen molar-refractivity contribution in [1.82, 2.24) is 0 Å². The van der Waals surface area contributed by atoms with Gasteiger partial charge in [0.25, 0.3) is 10.1 Å². The molecule has 0 radical (unpaired) electrons. The molecule has 0 aliphatic heterocycles. The van der Waals surface area contributed by atoms with Crippen LogP contribution in [0.25, 0.3) is 0 Å². The van der Waals surface area contributed by atoms with E-state index >= 15 is 0 Å². The van der Waals surface area contributed by atoms with E-state index in [4.69, 9.17) is 1.37 Å². The molecule has 2 aromatic rings. The number of fused-ring (bicyclic) bond motifs is 2.